The number of piperidine rings is 1. The van der Waals surface area contributed by atoms with Crippen molar-refractivity contribution in [1.29, 1.82) is 0 Å². The summed E-state index contributed by atoms with van der Waals surface area (Å²) in [7, 11) is 0. The monoisotopic (exact) mass is 303 g/mol. The maximum absolute atomic E-state index is 9.88. The van der Waals surface area contributed by atoms with Crippen molar-refractivity contribution in [3.05, 3.63) is 34.9 Å². The molecule has 3 rings (SSSR count). The summed E-state index contributed by atoms with van der Waals surface area (Å²) in [6.07, 6.45) is 2.06. The van der Waals surface area contributed by atoms with Gasteiger partial charge in [-0.2, -0.15) is 0 Å². The van der Waals surface area contributed by atoms with Crippen molar-refractivity contribution in [2.75, 3.05) is 6.54 Å². The molecule has 124 valence electrons. The highest BCUT2D eigenvalue weighted by Gasteiger charge is 2.57. The zero-order valence-corrected chi connectivity index (χ0v) is 15.1. The molecule has 0 saturated carbocycles. The first-order valence-electron chi connectivity index (χ1n) is 9.12. The first-order chi connectivity index (χ1) is 10.6. The van der Waals surface area contributed by atoms with Gasteiger partial charge in [-0.3, -0.25) is 0 Å². The summed E-state index contributed by atoms with van der Waals surface area (Å²) in [6.45, 7) is 14.0. The molecule has 1 fully saturated rings. The molecule has 1 aromatic carbocycles. The van der Waals surface area contributed by atoms with Crippen molar-refractivity contribution in [2.45, 2.75) is 77.9 Å². The van der Waals surface area contributed by atoms with Gasteiger partial charge in [0.25, 0.3) is 0 Å². The fraction of sp³-hybridized carbons (Fsp3) is 0.700. The minimum absolute atomic E-state index is 0.333. The minimum Gasteiger partial charge on any atom is -0.389 e. The molecule has 0 bridgehead atoms. The molecule has 1 heterocycles. The predicted molar refractivity (Wildman–Crippen MR) is 94.4 cm³/mol. The molecule has 1 aliphatic heterocycles. The Kier molecular flexibility index (Phi) is 5.34. The van der Waals surface area contributed by atoms with Gasteiger partial charge in [-0.05, 0) is 42.9 Å². The minimum atomic E-state index is -0.368. The molecule has 1 aliphatic carbocycles. The van der Waals surface area contributed by atoms with E-state index in [9.17, 15) is 5.11 Å². The predicted octanol–water partition coefficient (Wildman–Crippen LogP) is 4.53. The Labute approximate surface area is 136 Å². The van der Waals surface area contributed by atoms with Gasteiger partial charge in [0, 0.05) is 23.9 Å². The summed E-state index contributed by atoms with van der Waals surface area (Å²) in [6, 6.07) is 7.21. The van der Waals surface area contributed by atoms with Crippen molar-refractivity contribution in [2.24, 2.45) is 5.92 Å². The number of rotatable bonds is 3. The van der Waals surface area contributed by atoms with E-state index in [2.05, 4.69) is 44.3 Å². The van der Waals surface area contributed by atoms with E-state index in [1.54, 1.807) is 0 Å². The van der Waals surface area contributed by atoms with E-state index >= 15 is 0 Å². The third kappa shape index (κ3) is 2.32. The Morgan fingerprint density at radius 3 is 2.55 bits per heavy atom. The summed E-state index contributed by atoms with van der Waals surface area (Å²) < 4.78 is 0. The van der Waals surface area contributed by atoms with Gasteiger partial charge in [-0.15, -0.1) is 0 Å². The molecule has 0 amide bonds. The van der Waals surface area contributed by atoms with Crippen molar-refractivity contribution in [1.82, 2.24) is 5.32 Å². The van der Waals surface area contributed by atoms with Crippen LogP contribution in [0.2, 0.25) is 0 Å². The molecule has 1 aromatic rings. The summed E-state index contributed by atoms with van der Waals surface area (Å²) in [4.78, 5) is 0. The van der Waals surface area contributed by atoms with Crippen LogP contribution in [-0.2, 0) is 5.41 Å². The highest BCUT2D eigenvalue weighted by Crippen LogP contribution is 2.61. The number of aliphatic hydroxyl groups is 1. The van der Waals surface area contributed by atoms with Crippen LogP contribution in [0.4, 0.5) is 0 Å². The van der Waals surface area contributed by atoms with E-state index in [4.69, 9.17) is 0 Å². The van der Waals surface area contributed by atoms with Crippen LogP contribution in [0.1, 0.15) is 83.1 Å². The number of hydrogen-bond donors (Lipinski definition) is 2. The number of benzene rings is 1. The summed E-state index contributed by atoms with van der Waals surface area (Å²) in [5.74, 6) is 1.36. The van der Waals surface area contributed by atoms with E-state index in [1.165, 1.54) is 24.0 Å². The molecular formula is C20H33NO. The standard InChI is InChI=1S/C18H27NO.C2H6/c1-5-15-11(3)19-10-17-14-8-7-13(12(4)20)9-16(14)18(15,17)6-2;1-2/h7-9,11-12,15,17,19-20H,5-6,10H2,1-4H3;1-2H3. The second kappa shape index (κ2) is 6.72. The lowest BCUT2D eigenvalue weighted by Crippen LogP contribution is -2.62. The molecule has 5 unspecified atom stereocenters. The number of hydrogen-bond acceptors (Lipinski definition) is 2. The summed E-state index contributed by atoms with van der Waals surface area (Å²) >= 11 is 0. The van der Waals surface area contributed by atoms with Crippen LogP contribution in [0.15, 0.2) is 18.2 Å². The number of fused-ring (bicyclic) bond motifs is 4. The molecule has 0 aromatic heterocycles. The Morgan fingerprint density at radius 1 is 1.32 bits per heavy atom. The van der Waals surface area contributed by atoms with Gasteiger partial charge in [-0.1, -0.05) is 52.3 Å². The van der Waals surface area contributed by atoms with Gasteiger partial charge in [-0.25, -0.2) is 0 Å². The summed E-state index contributed by atoms with van der Waals surface area (Å²) in [5, 5.41) is 13.6. The molecule has 0 spiro atoms. The third-order valence-corrected chi connectivity index (χ3v) is 5.99. The lowest BCUT2D eigenvalue weighted by molar-refractivity contribution is 0.0857. The van der Waals surface area contributed by atoms with Gasteiger partial charge < -0.3 is 10.4 Å². The first kappa shape index (κ1) is 17.5. The van der Waals surface area contributed by atoms with Crippen molar-refractivity contribution < 1.29 is 5.11 Å². The normalized spacial score (nSPS) is 33.7. The Balaban J connectivity index is 0.000000847. The van der Waals surface area contributed by atoms with Gasteiger partial charge in [0.1, 0.15) is 0 Å². The highest BCUT2D eigenvalue weighted by atomic mass is 16.3. The second-order valence-electron chi connectivity index (χ2n) is 6.68. The molecular weight excluding hydrogens is 270 g/mol. The van der Waals surface area contributed by atoms with Gasteiger partial charge >= 0.3 is 0 Å². The SMILES string of the molecule is CC.CCC1C(C)NCC2c3ccc(C(C)O)cc3C21CC. The van der Waals surface area contributed by atoms with Crippen LogP contribution >= 0.6 is 0 Å². The third-order valence-electron chi connectivity index (χ3n) is 5.99. The highest BCUT2D eigenvalue weighted by molar-refractivity contribution is 5.54. The number of aliphatic hydroxyl groups excluding tert-OH is 1. The van der Waals surface area contributed by atoms with Crippen molar-refractivity contribution in [3.8, 4) is 0 Å². The Bertz CT molecular complexity index is 510. The molecule has 0 radical (unpaired) electrons. The van der Waals surface area contributed by atoms with Gasteiger partial charge in [0.2, 0.25) is 0 Å². The molecule has 5 atom stereocenters. The van der Waals surface area contributed by atoms with E-state index in [0.29, 0.717) is 23.3 Å². The molecule has 1 saturated heterocycles. The fourth-order valence-corrected chi connectivity index (χ4v) is 4.99. The van der Waals surface area contributed by atoms with Crippen LogP contribution in [0.25, 0.3) is 0 Å². The first-order valence-corrected chi connectivity index (χ1v) is 9.12. The van der Waals surface area contributed by atoms with E-state index in [0.717, 1.165) is 12.1 Å². The van der Waals surface area contributed by atoms with Gasteiger partial charge in [0.15, 0.2) is 0 Å². The lowest BCUT2D eigenvalue weighted by atomic mass is 9.46. The Hall–Kier alpha value is -0.860. The fourth-order valence-electron chi connectivity index (χ4n) is 4.99. The number of nitrogens with one attached hydrogen (secondary N) is 1. The largest absolute Gasteiger partial charge is 0.389 e. The van der Waals surface area contributed by atoms with Crippen molar-refractivity contribution in [3.63, 3.8) is 0 Å². The molecule has 22 heavy (non-hydrogen) atoms. The zero-order chi connectivity index (χ0) is 16.5. The van der Waals surface area contributed by atoms with Crippen molar-refractivity contribution >= 4 is 0 Å². The smallest absolute Gasteiger partial charge is 0.0762 e. The van der Waals surface area contributed by atoms with Crippen LogP contribution in [0, 0.1) is 5.92 Å². The van der Waals surface area contributed by atoms with Crippen LogP contribution in [0.3, 0.4) is 0 Å². The Morgan fingerprint density at radius 2 is 2.00 bits per heavy atom. The summed E-state index contributed by atoms with van der Waals surface area (Å²) in [5.41, 5.74) is 4.42. The van der Waals surface area contributed by atoms with Crippen LogP contribution in [-0.4, -0.2) is 17.7 Å². The van der Waals surface area contributed by atoms with Crippen LogP contribution < -0.4 is 5.32 Å². The maximum atomic E-state index is 9.88. The average molecular weight is 303 g/mol. The van der Waals surface area contributed by atoms with E-state index in [1.807, 2.05) is 20.8 Å². The topological polar surface area (TPSA) is 32.3 Å². The van der Waals surface area contributed by atoms with E-state index in [-0.39, 0.29) is 6.10 Å². The van der Waals surface area contributed by atoms with Crippen LogP contribution in [0.5, 0.6) is 0 Å². The zero-order valence-electron chi connectivity index (χ0n) is 15.1. The maximum Gasteiger partial charge on any atom is 0.0762 e. The molecule has 2 heteroatoms. The average Bonchev–Trinajstić information content (AvgIpc) is 2.53. The van der Waals surface area contributed by atoms with E-state index < -0.39 is 0 Å². The second-order valence-corrected chi connectivity index (χ2v) is 6.68. The molecule has 2 N–H and O–H groups in total. The molecule has 2 nitrogen and oxygen atoms in total. The molecule has 2 aliphatic rings. The quantitative estimate of drug-likeness (QED) is 0.860. The lowest BCUT2D eigenvalue weighted by Gasteiger charge is -2.60. The van der Waals surface area contributed by atoms with Gasteiger partial charge in [0.05, 0.1) is 6.10 Å².